The molecule has 2 radical (unpaired) electrons. The van der Waals surface area contributed by atoms with E-state index in [1.54, 1.807) is 0 Å². The molecule has 0 aliphatic heterocycles. The molecule has 4 nitrogen and oxygen atoms in total. The van der Waals surface area contributed by atoms with Crippen molar-refractivity contribution >= 4 is 18.9 Å². The average Bonchev–Trinajstić information content (AvgIpc) is 0.722. The molecule has 39 valence electrons. The number of hydrogen-bond donors (Lipinski definition) is 0. The molecule has 0 aromatic heterocycles. The van der Waals surface area contributed by atoms with Gasteiger partial charge in [-0.2, -0.15) is 0 Å². The maximum atomic E-state index is 8.58. The summed E-state index contributed by atoms with van der Waals surface area (Å²) in [5, 5.41) is 0. The zero-order chi connectivity index (χ0) is 4.50. The van der Waals surface area contributed by atoms with E-state index in [1.165, 1.54) is 0 Å². The van der Waals surface area contributed by atoms with Crippen LogP contribution in [0.25, 0.3) is 0 Å². The van der Waals surface area contributed by atoms with Gasteiger partial charge in [0.25, 0.3) is 0 Å². The molecule has 0 spiro atoms. The van der Waals surface area contributed by atoms with Crippen LogP contribution in [0.2, 0.25) is 0 Å². The van der Waals surface area contributed by atoms with Crippen LogP contribution in [0.3, 0.4) is 0 Å². The Morgan fingerprint density at radius 3 is 1.14 bits per heavy atom. The van der Waals surface area contributed by atoms with Crippen molar-refractivity contribution in [2.75, 3.05) is 0 Å². The van der Waals surface area contributed by atoms with Crippen LogP contribution < -0.4 is 8.38 Å². The van der Waals surface area contributed by atoms with Gasteiger partial charge in [-0.25, -0.2) is 0 Å². The predicted octanol–water partition coefficient (Wildman–Crippen LogP) is -3.00. The molecule has 0 fully saturated rings. The van der Waals surface area contributed by atoms with Crippen LogP contribution in [-0.2, 0) is 38.1 Å². The van der Waals surface area contributed by atoms with Crippen LogP contribution in [0, 0.1) is 0 Å². The third kappa shape index (κ3) is 142. The van der Waals surface area contributed by atoms with Crippen molar-refractivity contribution in [3.63, 3.8) is 0 Å². The quantitative estimate of drug-likeness (QED) is 0.373. The van der Waals surface area contributed by atoms with Crippen LogP contribution in [0.1, 0.15) is 0 Å². The minimum atomic E-state index is -5.62. The molecule has 0 aromatic rings. The molecule has 0 rings (SSSR count). The average molecular weight is 181 g/mol. The molecule has 0 aliphatic rings. The van der Waals surface area contributed by atoms with Gasteiger partial charge in [0, 0.05) is 18.9 Å². The van der Waals surface area contributed by atoms with Crippen molar-refractivity contribution in [2.45, 2.75) is 0 Å². The molecule has 0 heterocycles. The van der Waals surface area contributed by atoms with Crippen LogP contribution in [0.4, 0.5) is 0 Å². The van der Waals surface area contributed by atoms with Gasteiger partial charge in [0.1, 0.15) is 0 Å². The molecule has 0 amide bonds. The molecule has 0 saturated carbocycles. The van der Waals surface area contributed by atoms with Crippen LogP contribution in [0.5, 0.6) is 0 Å². The molecule has 0 saturated heterocycles. The van der Waals surface area contributed by atoms with Crippen molar-refractivity contribution in [3.05, 3.63) is 0 Å². The summed E-state index contributed by atoms with van der Waals surface area (Å²) >= 11 is -5.62. The molecule has 0 N–H and O–H groups in total. The monoisotopic (exact) mass is 181 g/mol. The van der Waals surface area contributed by atoms with Crippen molar-refractivity contribution < 1.29 is 46.5 Å². The second-order valence-corrected chi connectivity index (χ2v) is 1.56. The maximum absolute atomic E-state index is 8.58. The van der Waals surface area contributed by atoms with E-state index in [2.05, 4.69) is 0 Å². The van der Waals surface area contributed by atoms with E-state index >= 15 is 0 Å². The summed E-state index contributed by atoms with van der Waals surface area (Å²) in [5.74, 6) is 0. The summed E-state index contributed by atoms with van der Waals surface area (Å²) in [5.41, 5.74) is 0. The van der Waals surface area contributed by atoms with Gasteiger partial charge in [-0.05, 0) is 0 Å². The molecule has 0 aliphatic carbocycles. The van der Waals surface area contributed by atoms with E-state index < -0.39 is 13.4 Å². The fourth-order valence-electron chi connectivity index (χ4n) is 0. The minimum absolute atomic E-state index is 0. The molecule has 7 heteroatoms. The SMILES string of the molecule is [Li].[Mn+2].[O]=[Mn](=[O])([O-])[O-]. The van der Waals surface area contributed by atoms with E-state index in [9.17, 15) is 0 Å². The molecule has 0 unspecified atom stereocenters. The van der Waals surface area contributed by atoms with Gasteiger partial charge < -0.3 is 0 Å². The van der Waals surface area contributed by atoms with E-state index in [1.807, 2.05) is 0 Å². The first-order valence-electron chi connectivity index (χ1n) is 0.617. The molecular weight excluding hydrogens is 181 g/mol. The summed E-state index contributed by atoms with van der Waals surface area (Å²) in [4.78, 5) is 0. The fourth-order valence-corrected chi connectivity index (χ4v) is 0. The number of rotatable bonds is 0. The standard InChI is InChI=1S/Li.2Mn.4O/q;;+2;;;2*-1. The van der Waals surface area contributed by atoms with Gasteiger partial charge in [0.2, 0.25) is 0 Å². The zero-order valence-electron chi connectivity index (χ0n) is 3.39. The van der Waals surface area contributed by atoms with E-state index in [4.69, 9.17) is 16.0 Å². The second-order valence-electron chi connectivity index (χ2n) is 0.378. The Hall–Kier alpha value is 1.16. The summed E-state index contributed by atoms with van der Waals surface area (Å²) in [6, 6.07) is 0. The first kappa shape index (κ1) is 15.7. The Morgan fingerprint density at radius 1 is 1.14 bits per heavy atom. The van der Waals surface area contributed by atoms with Gasteiger partial charge in [0.15, 0.2) is 0 Å². The Bertz CT molecular complexity index is 92.9. The molecule has 7 heavy (non-hydrogen) atoms. The van der Waals surface area contributed by atoms with E-state index in [0.717, 1.165) is 0 Å². The zero-order valence-corrected chi connectivity index (χ0v) is 5.75. The topological polar surface area (TPSA) is 80.3 Å². The first-order chi connectivity index (χ1) is 2.00. The molecular formula is LiMn2O4. The molecule has 0 bridgehead atoms. The summed E-state index contributed by atoms with van der Waals surface area (Å²) in [6.45, 7) is 0. The van der Waals surface area contributed by atoms with E-state index in [-0.39, 0.29) is 35.9 Å². The fraction of sp³-hybridized carbons (Fsp3) is 0. The van der Waals surface area contributed by atoms with Gasteiger partial charge in [-0.15, -0.1) is 0 Å². The van der Waals surface area contributed by atoms with E-state index in [0.29, 0.717) is 0 Å². The Morgan fingerprint density at radius 2 is 1.14 bits per heavy atom. The second kappa shape index (κ2) is 5.30. The Labute approximate surface area is 65.2 Å². The summed E-state index contributed by atoms with van der Waals surface area (Å²) in [7, 11) is 0. The van der Waals surface area contributed by atoms with Gasteiger partial charge in [-0.3, -0.25) is 0 Å². The van der Waals surface area contributed by atoms with Gasteiger partial charge >= 0.3 is 46.5 Å². The van der Waals surface area contributed by atoms with Crippen LogP contribution >= 0.6 is 0 Å². The normalized spacial score (nSPS) is 8.29. The van der Waals surface area contributed by atoms with Crippen molar-refractivity contribution in [1.29, 1.82) is 0 Å². The van der Waals surface area contributed by atoms with Crippen LogP contribution in [-0.4, -0.2) is 18.9 Å². The Kier molecular flexibility index (Phi) is 11.9. The van der Waals surface area contributed by atoms with Crippen molar-refractivity contribution in [3.8, 4) is 0 Å². The third-order valence-electron chi connectivity index (χ3n) is 0. The van der Waals surface area contributed by atoms with Crippen LogP contribution in [0.15, 0.2) is 0 Å². The van der Waals surface area contributed by atoms with Crippen molar-refractivity contribution in [2.24, 2.45) is 0 Å². The Balaban J connectivity index is -0.0000000800. The molecule has 0 aromatic carbocycles. The predicted molar refractivity (Wildman–Crippen MR) is 7.13 cm³/mol. The number of hydrogen-bond acceptors (Lipinski definition) is 4. The first-order valence-corrected chi connectivity index (χ1v) is 2.54. The van der Waals surface area contributed by atoms with Gasteiger partial charge in [0.05, 0.1) is 0 Å². The van der Waals surface area contributed by atoms with Gasteiger partial charge in [-0.1, -0.05) is 0 Å². The summed E-state index contributed by atoms with van der Waals surface area (Å²) in [6.07, 6.45) is 0. The third-order valence-corrected chi connectivity index (χ3v) is 0. The molecule has 0 atom stereocenters. The van der Waals surface area contributed by atoms with Crippen molar-refractivity contribution in [1.82, 2.24) is 0 Å². The summed E-state index contributed by atoms with van der Waals surface area (Å²) < 4.78 is 34.3.